The molecule has 1 atom stereocenters. The standard InChI is InChI=1S/C18H26N2/c1-12-17(13-8-9-19-11-13)15-10-14(18(2,3)4)6-7-16(15)20(12)5/h6-7,10,13,19H,8-9,11H2,1-5H3. The molecule has 0 saturated carbocycles. The molecule has 1 aliphatic heterocycles. The van der Waals surface area contributed by atoms with Crippen LogP contribution in [0.5, 0.6) is 0 Å². The molecule has 1 N–H and O–H groups in total. The van der Waals surface area contributed by atoms with Gasteiger partial charge in [-0.25, -0.2) is 0 Å². The van der Waals surface area contributed by atoms with Gasteiger partial charge >= 0.3 is 0 Å². The highest BCUT2D eigenvalue weighted by molar-refractivity contribution is 5.87. The molecule has 1 saturated heterocycles. The Kier molecular flexibility index (Phi) is 3.17. The number of nitrogens with one attached hydrogen (secondary N) is 1. The molecular formula is C18H26N2. The van der Waals surface area contributed by atoms with E-state index in [0.29, 0.717) is 5.92 Å². The van der Waals surface area contributed by atoms with Gasteiger partial charge in [-0.15, -0.1) is 0 Å². The molecule has 2 heterocycles. The molecule has 2 nitrogen and oxygen atoms in total. The Morgan fingerprint density at radius 1 is 1.25 bits per heavy atom. The highest BCUT2D eigenvalue weighted by Gasteiger charge is 2.24. The summed E-state index contributed by atoms with van der Waals surface area (Å²) < 4.78 is 2.36. The fraction of sp³-hybridized carbons (Fsp3) is 0.556. The minimum Gasteiger partial charge on any atom is -0.348 e. The van der Waals surface area contributed by atoms with Crippen LogP contribution in [0.25, 0.3) is 10.9 Å². The van der Waals surface area contributed by atoms with E-state index in [0.717, 1.165) is 13.1 Å². The molecule has 20 heavy (non-hydrogen) atoms. The number of fused-ring (bicyclic) bond motifs is 1. The number of aromatic nitrogens is 1. The van der Waals surface area contributed by atoms with Crippen LogP contribution in [0, 0.1) is 6.92 Å². The Morgan fingerprint density at radius 3 is 2.60 bits per heavy atom. The summed E-state index contributed by atoms with van der Waals surface area (Å²) in [5.41, 5.74) is 6.02. The maximum atomic E-state index is 3.51. The number of nitrogens with zero attached hydrogens (tertiary/aromatic N) is 1. The van der Waals surface area contributed by atoms with Crippen molar-refractivity contribution in [2.45, 2.75) is 45.4 Å². The van der Waals surface area contributed by atoms with Crippen LogP contribution < -0.4 is 5.32 Å². The molecule has 0 spiro atoms. The molecule has 2 heteroatoms. The number of benzene rings is 1. The largest absolute Gasteiger partial charge is 0.348 e. The first kappa shape index (κ1) is 13.7. The Balaban J connectivity index is 2.24. The van der Waals surface area contributed by atoms with E-state index in [1.165, 1.54) is 28.6 Å². The monoisotopic (exact) mass is 270 g/mol. The zero-order chi connectivity index (χ0) is 14.5. The van der Waals surface area contributed by atoms with Crippen molar-refractivity contribution < 1.29 is 0 Å². The van der Waals surface area contributed by atoms with E-state index in [2.05, 4.69) is 62.8 Å². The van der Waals surface area contributed by atoms with Crippen LogP contribution in [-0.2, 0) is 12.5 Å². The van der Waals surface area contributed by atoms with E-state index in [-0.39, 0.29) is 5.41 Å². The second-order valence-corrected chi connectivity index (χ2v) is 7.23. The van der Waals surface area contributed by atoms with Gasteiger partial charge in [0.15, 0.2) is 0 Å². The van der Waals surface area contributed by atoms with Gasteiger partial charge in [-0.2, -0.15) is 0 Å². The molecule has 2 aromatic rings. The lowest BCUT2D eigenvalue weighted by Gasteiger charge is -2.19. The van der Waals surface area contributed by atoms with Crippen molar-refractivity contribution in [3.8, 4) is 0 Å². The average molecular weight is 270 g/mol. The Bertz CT molecular complexity index is 637. The van der Waals surface area contributed by atoms with Crippen molar-refractivity contribution in [2.24, 2.45) is 7.05 Å². The van der Waals surface area contributed by atoms with Crippen molar-refractivity contribution in [3.63, 3.8) is 0 Å². The predicted molar refractivity (Wildman–Crippen MR) is 86.6 cm³/mol. The summed E-state index contributed by atoms with van der Waals surface area (Å²) in [5.74, 6) is 0.675. The van der Waals surface area contributed by atoms with Crippen molar-refractivity contribution in [1.82, 2.24) is 9.88 Å². The van der Waals surface area contributed by atoms with Crippen molar-refractivity contribution in [3.05, 3.63) is 35.0 Å². The fourth-order valence-electron chi connectivity index (χ4n) is 3.48. The SMILES string of the molecule is Cc1c(C2CCNC2)c2cc(C(C)(C)C)ccc2n1C. The highest BCUT2D eigenvalue weighted by Crippen LogP contribution is 2.36. The molecule has 1 aromatic carbocycles. The summed E-state index contributed by atoms with van der Waals surface area (Å²) in [5, 5.41) is 4.97. The van der Waals surface area contributed by atoms with Gasteiger partial charge in [0.1, 0.15) is 0 Å². The van der Waals surface area contributed by atoms with E-state index in [1.54, 1.807) is 5.56 Å². The Morgan fingerprint density at radius 2 is 2.00 bits per heavy atom. The van der Waals surface area contributed by atoms with Crippen molar-refractivity contribution in [2.75, 3.05) is 13.1 Å². The van der Waals surface area contributed by atoms with Gasteiger partial charge in [-0.3, -0.25) is 0 Å². The zero-order valence-electron chi connectivity index (χ0n) is 13.4. The summed E-state index contributed by atoms with van der Waals surface area (Å²) in [6, 6.07) is 7.02. The van der Waals surface area contributed by atoms with Gasteiger partial charge in [0.05, 0.1) is 0 Å². The first-order valence-electron chi connectivity index (χ1n) is 7.69. The van der Waals surface area contributed by atoms with E-state index >= 15 is 0 Å². The van der Waals surface area contributed by atoms with Crippen molar-refractivity contribution in [1.29, 1.82) is 0 Å². The molecule has 0 radical (unpaired) electrons. The number of hydrogen-bond acceptors (Lipinski definition) is 1. The molecule has 1 aromatic heterocycles. The summed E-state index contributed by atoms with van der Waals surface area (Å²) in [7, 11) is 2.19. The molecule has 108 valence electrons. The van der Waals surface area contributed by atoms with Crippen LogP contribution in [0.4, 0.5) is 0 Å². The van der Waals surface area contributed by atoms with Crippen LogP contribution in [-0.4, -0.2) is 17.7 Å². The quantitative estimate of drug-likeness (QED) is 0.832. The second-order valence-electron chi connectivity index (χ2n) is 7.23. The van der Waals surface area contributed by atoms with E-state index < -0.39 is 0 Å². The van der Waals surface area contributed by atoms with Gasteiger partial charge in [0.25, 0.3) is 0 Å². The van der Waals surface area contributed by atoms with Gasteiger partial charge in [-0.1, -0.05) is 26.8 Å². The summed E-state index contributed by atoms with van der Waals surface area (Å²) in [6.45, 7) is 11.4. The fourth-order valence-corrected chi connectivity index (χ4v) is 3.48. The maximum absolute atomic E-state index is 3.51. The lowest BCUT2D eigenvalue weighted by atomic mass is 9.85. The van der Waals surface area contributed by atoms with Crippen LogP contribution >= 0.6 is 0 Å². The van der Waals surface area contributed by atoms with E-state index in [9.17, 15) is 0 Å². The number of hydrogen-bond donors (Lipinski definition) is 1. The van der Waals surface area contributed by atoms with Crippen LogP contribution in [0.3, 0.4) is 0 Å². The van der Waals surface area contributed by atoms with Crippen LogP contribution in [0.2, 0.25) is 0 Å². The molecular weight excluding hydrogens is 244 g/mol. The predicted octanol–water partition coefficient (Wildman–Crippen LogP) is 3.86. The average Bonchev–Trinajstić information content (AvgIpc) is 2.97. The first-order chi connectivity index (χ1) is 9.39. The third-order valence-electron chi connectivity index (χ3n) is 4.88. The van der Waals surface area contributed by atoms with Gasteiger partial charge in [0.2, 0.25) is 0 Å². The second kappa shape index (κ2) is 4.63. The summed E-state index contributed by atoms with van der Waals surface area (Å²) in [4.78, 5) is 0. The number of rotatable bonds is 1. The zero-order valence-corrected chi connectivity index (χ0v) is 13.4. The smallest absolute Gasteiger partial charge is 0.0482 e. The molecule has 1 unspecified atom stereocenters. The van der Waals surface area contributed by atoms with Crippen LogP contribution in [0.15, 0.2) is 18.2 Å². The summed E-state index contributed by atoms with van der Waals surface area (Å²) in [6.07, 6.45) is 1.26. The third-order valence-corrected chi connectivity index (χ3v) is 4.88. The van der Waals surface area contributed by atoms with Gasteiger partial charge < -0.3 is 9.88 Å². The minimum absolute atomic E-state index is 0.211. The molecule has 0 amide bonds. The molecule has 3 rings (SSSR count). The lowest BCUT2D eigenvalue weighted by molar-refractivity contribution is 0.591. The Hall–Kier alpha value is -1.28. The third kappa shape index (κ3) is 2.07. The van der Waals surface area contributed by atoms with E-state index in [1.807, 2.05) is 0 Å². The lowest BCUT2D eigenvalue weighted by Crippen LogP contribution is -2.11. The maximum Gasteiger partial charge on any atom is 0.0482 e. The number of aryl methyl sites for hydroxylation is 1. The molecule has 0 bridgehead atoms. The highest BCUT2D eigenvalue weighted by atomic mass is 15.0. The normalized spacial score (nSPS) is 19.9. The first-order valence-corrected chi connectivity index (χ1v) is 7.69. The van der Waals surface area contributed by atoms with Crippen molar-refractivity contribution >= 4 is 10.9 Å². The molecule has 0 aliphatic carbocycles. The molecule has 1 aliphatic rings. The topological polar surface area (TPSA) is 17.0 Å². The van der Waals surface area contributed by atoms with Gasteiger partial charge in [-0.05, 0) is 54.5 Å². The van der Waals surface area contributed by atoms with Gasteiger partial charge in [0, 0.05) is 30.2 Å². The van der Waals surface area contributed by atoms with Crippen LogP contribution in [0.1, 0.15) is 49.9 Å². The van der Waals surface area contributed by atoms with E-state index in [4.69, 9.17) is 0 Å². The Labute approximate surface area is 122 Å². The summed E-state index contributed by atoms with van der Waals surface area (Å²) >= 11 is 0. The molecule has 1 fully saturated rings. The minimum atomic E-state index is 0.211.